The van der Waals surface area contributed by atoms with Crippen LogP contribution in [0.15, 0.2) is 0 Å². The lowest BCUT2D eigenvalue weighted by Gasteiger charge is -1.99. The maximum absolute atomic E-state index is 10.3. The van der Waals surface area contributed by atoms with Crippen molar-refractivity contribution >= 4 is 23.9 Å². The molecule has 104 valence electrons. The molecule has 8 nitrogen and oxygen atoms in total. The van der Waals surface area contributed by atoms with E-state index in [1.54, 1.807) is 0 Å². The standard InChI is InChI=1S/2C5H8O4/c1-8-4(6)3-5(7)9-2;1-4(6)8-3-9-5(2)7/h2*3H2,1-2H3. The number of rotatable bonds is 4. The molecule has 0 atom stereocenters. The predicted molar refractivity (Wildman–Crippen MR) is 57.0 cm³/mol. The Bertz CT molecular complexity index is 268. The Labute approximate surface area is 104 Å². The van der Waals surface area contributed by atoms with Crippen LogP contribution >= 0.6 is 0 Å². The zero-order valence-electron chi connectivity index (χ0n) is 10.7. The summed E-state index contributed by atoms with van der Waals surface area (Å²) >= 11 is 0. The maximum Gasteiger partial charge on any atom is 0.316 e. The first-order chi connectivity index (χ1) is 8.33. The van der Waals surface area contributed by atoms with Crippen LogP contribution < -0.4 is 0 Å². The van der Waals surface area contributed by atoms with Crippen LogP contribution in [-0.4, -0.2) is 44.9 Å². The van der Waals surface area contributed by atoms with E-state index in [-0.39, 0.29) is 13.2 Å². The lowest BCUT2D eigenvalue weighted by molar-refractivity contribution is -0.164. The molecule has 0 amide bonds. The minimum Gasteiger partial charge on any atom is -0.469 e. The van der Waals surface area contributed by atoms with Crippen molar-refractivity contribution in [3.8, 4) is 0 Å². The molecular weight excluding hydrogens is 248 g/mol. The van der Waals surface area contributed by atoms with E-state index in [9.17, 15) is 19.2 Å². The minimum absolute atomic E-state index is 0.287. The van der Waals surface area contributed by atoms with Gasteiger partial charge < -0.3 is 18.9 Å². The van der Waals surface area contributed by atoms with Crippen LogP contribution in [0.2, 0.25) is 0 Å². The highest BCUT2D eigenvalue weighted by Gasteiger charge is 2.07. The summed E-state index contributed by atoms with van der Waals surface area (Å²) in [6.45, 7) is 2.19. The van der Waals surface area contributed by atoms with Crippen LogP contribution in [0.3, 0.4) is 0 Å². The highest BCUT2D eigenvalue weighted by molar-refractivity contribution is 5.90. The first-order valence-electron chi connectivity index (χ1n) is 4.73. The fourth-order valence-electron chi connectivity index (χ4n) is 0.458. The third-order valence-electron chi connectivity index (χ3n) is 1.27. The second-order valence-corrected chi connectivity index (χ2v) is 2.72. The van der Waals surface area contributed by atoms with Crippen LogP contribution in [0.25, 0.3) is 0 Å². The van der Waals surface area contributed by atoms with Gasteiger partial charge in [0.25, 0.3) is 0 Å². The Kier molecular flexibility index (Phi) is 11.5. The molecule has 18 heavy (non-hydrogen) atoms. The molecule has 0 saturated carbocycles. The normalized spacial score (nSPS) is 8.22. The predicted octanol–water partition coefficient (Wildman–Crippen LogP) is -0.207. The number of esters is 4. The molecule has 0 unspecified atom stereocenters. The quantitative estimate of drug-likeness (QED) is 0.297. The molecule has 0 N–H and O–H groups in total. The third-order valence-corrected chi connectivity index (χ3v) is 1.27. The van der Waals surface area contributed by atoms with Gasteiger partial charge in [-0.1, -0.05) is 0 Å². The lowest BCUT2D eigenvalue weighted by atomic mass is 10.4. The van der Waals surface area contributed by atoms with Crippen molar-refractivity contribution in [2.24, 2.45) is 0 Å². The highest BCUT2D eigenvalue weighted by atomic mass is 16.7. The average molecular weight is 264 g/mol. The van der Waals surface area contributed by atoms with Crippen LogP contribution in [0.4, 0.5) is 0 Å². The first-order valence-corrected chi connectivity index (χ1v) is 4.73. The number of hydrogen-bond donors (Lipinski definition) is 0. The van der Waals surface area contributed by atoms with Crippen molar-refractivity contribution in [1.82, 2.24) is 0 Å². The minimum atomic E-state index is -0.582. The molecule has 0 aliphatic heterocycles. The van der Waals surface area contributed by atoms with Crippen molar-refractivity contribution in [3.05, 3.63) is 0 Å². The van der Waals surface area contributed by atoms with Crippen LogP contribution in [0, 0.1) is 0 Å². The summed E-state index contributed by atoms with van der Waals surface area (Å²) in [6.07, 6.45) is -0.312. The Morgan fingerprint density at radius 1 is 0.778 bits per heavy atom. The molecule has 0 bridgehead atoms. The van der Waals surface area contributed by atoms with Crippen LogP contribution in [-0.2, 0) is 38.1 Å². The summed E-state index contributed by atoms with van der Waals surface area (Å²) in [5, 5.41) is 0. The Morgan fingerprint density at radius 2 is 1.11 bits per heavy atom. The second kappa shape index (κ2) is 11.4. The fourth-order valence-corrected chi connectivity index (χ4v) is 0.458. The van der Waals surface area contributed by atoms with Crippen molar-refractivity contribution in [1.29, 1.82) is 0 Å². The summed E-state index contributed by atoms with van der Waals surface area (Å²) in [5.41, 5.74) is 0. The second-order valence-electron chi connectivity index (χ2n) is 2.72. The third kappa shape index (κ3) is 16.3. The molecule has 0 heterocycles. The van der Waals surface area contributed by atoms with Gasteiger partial charge in [0.1, 0.15) is 6.42 Å². The van der Waals surface area contributed by atoms with Gasteiger partial charge in [-0.15, -0.1) is 0 Å². The van der Waals surface area contributed by atoms with Gasteiger partial charge in [-0.2, -0.15) is 0 Å². The van der Waals surface area contributed by atoms with E-state index in [1.165, 1.54) is 28.1 Å². The Hall–Kier alpha value is -2.12. The summed E-state index contributed by atoms with van der Waals surface area (Å²) in [4.78, 5) is 40.5. The van der Waals surface area contributed by atoms with Crippen molar-refractivity contribution in [3.63, 3.8) is 0 Å². The molecule has 8 heteroatoms. The van der Waals surface area contributed by atoms with Crippen molar-refractivity contribution in [2.75, 3.05) is 21.0 Å². The zero-order valence-corrected chi connectivity index (χ0v) is 10.7. The van der Waals surface area contributed by atoms with Gasteiger partial charge in [0.05, 0.1) is 14.2 Å². The highest BCUT2D eigenvalue weighted by Crippen LogP contribution is 1.85. The smallest absolute Gasteiger partial charge is 0.316 e. The van der Waals surface area contributed by atoms with Gasteiger partial charge in [0.15, 0.2) is 0 Å². The Balaban J connectivity index is 0. The monoisotopic (exact) mass is 264 g/mol. The van der Waals surface area contributed by atoms with Gasteiger partial charge in [-0.05, 0) is 0 Å². The van der Waals surface area contributed by atoms with E-state index in [0.29, 0.717) is 0 Å². The van der Waals surface area contributed by atoms with Gasteiger partial charge in [0.2, 0.25) is 6.79 Å². The molecule has 0 radical (unpaired) electrons. The molecule has 0 aliphatic rings. The number of methoxy groups -OCH3 is 2. The zero-order chi connectivity index (χ0) is 14.6. The molecule has 0 aromatic carbocycles. The number of carbonyl (C=O) groups is 4. The number of carbonyl (C=O) groups excluding carboxylic acids is 4. The SMILES string of the molecule is CC(=O)OCOC(C)=O.COC(=O)CC(=O)OC. The molecule has 0 rings (SSSR count). The average Bonchev–Trinajstić information content (AvgIpc) is 2.28. The van der Waals surface area contributed by atoms with E-state index in [4.69, 9.17) is 0 Å². The van der Waals surface area contributed by atoms with Gasteiger partial charge in [0, 0.05) is 13.8 Å². The first kappa shape index (κ1) is 18.3. The lowest BCUT2D eigenvalue weighted by Crippen LogP contribution is -2.09. The van der Waals surface area contributed by atoms with E-state index >= 15 is 0 Å². The summed E-state index contributed by atoms with van der Waals surface area (Å²) in [6, 6.07) is 0. The summed E-state index contributed by atoms with van der Waals surface area (Å²) in [5.74, 6) is -2.09. The van der Waals surface area contributed by atoms with Crippen LogP contribution in [0.1, 0.15) is 20.3 Å². The molecule has 0 aromatic rings. The molecule has 0 aliphatic carbocycles. The van der Waals surface area contributed by atoms with Gasteiger partial charge >= 0.3 is 23.9 Å². The van der Waals surface area contributed by atoms with Crippen molar-refractivity contribution in [2.45, 2.75) is 20.3 Å². The number of hydrogen-bond acceptors (Lipinski definition) is 8. The van der Waals surface area contributed by atoms with E-state index in [2.05, 4.69) is 18.9 Å². The largest absolute Gasteiger partial charge is 0.469 e. The van der Waals surface area contributed by atoms with Crippen molar-refractivity contribution < 1.29 is 38.1 Å². The maximum atomic E-state index is 10.3. The molecule has 0 saturated heterocycles. The molecular formula is C10H16O8. The summed E-state index contributed by atoms with van der Waals surface area (Å²) in [7, 11) is 2.43. The van der Waals surface area contributed by atoms with Gasteiger partial charge in [-0.25, -0.2) is 0 Å². The fraction of sp³-hybridized carbons (Fsp3) is 0.600. The van der Waals surface area contributed by atoms with Gasteiger partial charge in [-0.3, -0.25) is 19.2 Å². The van der Waals surface area contributed by atoms with E-state index in [0.717, 1.165) is 0 Å². The van der Waals surface area contributed by atoms with Crippen LogP contribution in [0.5, 0.6) is 0 Å². The summed E-state index contributed by atoms with van der Waals surface area (Å²) < 4.78 is 16.9. The molecule has 0 spiro atoms. The van der Waals surface area contributed by atoms with E-state index in [1.807, 2.05) is 0 Å². The molecule has 0 fully saturated rings. The number of ether oxygens (including phenoxy) is 4. The Morgan fingerprint density at radius 3 is 1.33 bits per heavy atom. The topological polar surface area (TPSA) is 105 Å². The van der Waals surface area contributed by atoms with E-state index < -0.39 is 23.9 Å². The molecule has 0 aromatic heterocycles.